The van der Waals surface area contributed by atoms with Crippen LogP contribution in [0.3, 0.4) is 0 Å². The van der Waals surface area contributed by atoms with Crippen LogP contribution in [0, 0.1) is 0 Å². The Morgan fingerprint density at radius 3 is 1.59 bits per heavy atom. The fourth-order valence-electron chi connectivity index (χ4n) is 7.34. The molecule has 0 bridgehead atoms. The number of carbonyl (C=O) groups excluding carboxylic acids is 1. The van der Waals surface area contributed by atoms with Crippen molar-refractivity contribution in [1.82, 2.24) is 0 Å². The third-order valence-corrected chi connectivity index (χ3v) is 10.1. The van der Waals surface area contributed by atoms with Gasteiger partial charge in [0.25, 0.3) is 0 Å². The zero-order valence-electron chi connectivity index (χ0n) is 27.0. The molecule has 0 saturated carbocycles. The van der Waals surface area contributed by atoms with Gasteiger partial charge in [-0.1, -0.05) is 182 Å². The molecule has 1 unspecified atom stereocenters. The first-order valence-electron chi connectivity index (χ1n) is 17.6. The highest BCUT2D eigenvalue weighted by atomic mass is 32.1. The van der Waals surface area contributed by atoms with Crippen molar-refractivity contribution < 1.29 is 4.79 Å². The molecule has 1 atom stereocenters. The van der Waals surface area contributed by atoms with Crippen molar-refractivity contribution in [3.63, 3.8) is 0 Å². The highest BCUT2D eigenvalue weighted by Gasteiger charge is 2.21. The lowest BCUT2D eigenvalue weighted by Gasteiger charge is -2.22. The summed E-state index contributed by atoms with van der Waals surface area (Å²) in [5.74, 6) is 0.547. The van der Waals surface area contributed by atoms with Crippen LogP contribution in [0.25, 0.3) is 32.3 Å². The second-order valence-electron chi connectivity index (χ2n) is 13.0. The van der Waals surface area contributed by atoms with E-state index in [2.05, 4.69) is 86.3 Å². The summed E-state index contributed by atoms with van der Waals surface area (Å²) < 4.78 is 0. The summed E-state index contributed by atoms with van der Waals surface area (Å²) in [5, 5.41) is 7.90. The van der Waals surface area contributed by atoms with E-state index >= 15 is 0 Å². The molecule has 0 saturated heterocycles. The van der Waals surface area contributed by atoms with E-state index < -0.39 is 0 Å². The van der Waals surface area contributed by atoms with Crippen LogP contribution in [0.2, 0.25) is 0 Å². The van der Waals surface area contributed by atoms with Crippen molar-refractivity contribution in [1.29, 1.82) is 0 Å². The van der Waals surface area contributed by atoms with Crippen molar-refractivity contribution in [3.8, 4) is 0 Å². The standard InChI is InChI=1S/C42H52OS/c1-2-3-4-5-6-7-8-9-10-11-12-13-14-15-16-22-37(38-23-17-18-24-39(38)40(43)31-44)36-29-34-27-25-32-20-19-21-33-26-28-35(30-36)42(34)41(32)33/h17-21,23-30,37,44H,2-16,22,31H2,1H3. The molecule has 0 aromatic heterocycles. The number of hydrogen-bond acceptors (Lipinski definition) is 2. The van der Waals surface area contributed by atoms with Crippen LogP contribution in [0.5, 0.6) is 0 Å². The fourth-order valence-corrected chi connectivity index (χ4v) is 7.51. The highest BCUT2D eigenvalue weighted by Crippen LogP contribution is 2.40. The van der Waals surface area contributed by atoms with Gasteiger partial charge in [-0.3, -0.25) is 4.79 Å². The molecule has 0 N–H and O–H groups in total. The summed E-state index contributed by atoms with van der Waals surface area (Å²) in [6.07, 6.45) is 21.6. The fraction of sp³-hybridized carbons (Fsp3) is 0.452. The van der Waals surface area contributed by atoms with E-state index in [-0.39, 0.29) is 17.5 Å². The topological polar surface area (TPSA) is 17.1 Å². The van der Waals surface area contributed by atoms with E-state index in [0.717, 1.165) is 17.5 Å². The van der Waals surface area contributed by atoms with Crippen molar-refractivity contribution in [2.75, 3.05) is 5.75 Å². The molecular weight excluding hydrogens is 553 g/mol. The number of ketones is 1. The Bertz CT molecular complexity index is 1540. The van der Waals surface area contributed by atoms with E-state index in [9.17, 15) is 4.79 Å². The number of rotatable bonds is 20. The first-order valence-corrected chi connectivity index (χ1v) is 18.2. The number of Topliss-reactive ketones (excluding diaryl/α,β-unsaturated/α-hetero) is 1. The second kappa shape index (κ2) is 17.0. The number of carbonyl (C=O) groups is 1. The number of benzene rings is 5. The zero-order chi connectivity index (χ0) is 30.6. The average Bonchev–Trinajstić information content (AvgIpc) is 3.06. The zero-order valence-corrected chi connectivity index (χ0v) is 27.9. The molecule has 0 aliphatic rings. The van der Waals surface area contributed by atoms with Crippen molar-refractivity contribution >= 4 is 50.7 Å². The van der Waals surface area contributed by atoms with Gasteiger partial charge in [0, 0.05) is 11.5 Å². The molecule has 0 amide bonds. The van der Waals surface area contributed by atoms with Crippen LogP contribution in [0.15, 0.2) is 78.9 Å². The summed E-state index contributed by atoms with van der Waals surface area (Å²) in [6.45, 7) is 2.29. The van der Waals surface area contributed by atoms with Gasteiger partial charge in [-0.25, -0.2) is 0 Å². The lowest BCUT2D eigenvalue weighted by Crippen LogP contribution is -2.10. The summed E-state index contributed by atoms with van der Waals surface area (Å²) >= 11 is 4.36. The first-order chi connectivity index (χ1) is 21.7. The third-order valence-electron chi connectivity index (χ3n) is 9.76. The predicted octanol–water partition coefficient (Wildman–Crippen LogP) is 13.1. The van der Waals surface area contributed by atoms with E-state index in [4.69, 9.17) is 0 Å². The molecule has 0 spiro atoms. The van der Waals surface area contributed by atoms with Gasteiger partial charge >= 0.3 is 0 Å². The number of hydrogen-bond donors (Lipinski definition) is 1. The molecule has 44 heavy (non-hydrogen) atoms. The minimum Gasteiger partial charge on any atom is -0.293 e. The summed E-state index contributed by atoms with van der Waals surface area (Å²) in [4.78, 5) is 13.0. The van der Waals surface area contributed by atoms with Gasteiger partial charge in [0.15, 0.2) is 5.78 Å². The molecule has 0 heterocycles. The van der Waals surface area contributed by atoms with Gasteiger partial charge in [0.1, 0.15) is 0 Å². The Morgan fingerprint density at radius 2 is 1.05 bits per heavy atom. The van der Waals surface area contributed by atoms with Gasteiger partial charge in [0.05, 0.1) is 5.75 Å². The van der Waals surface area contributed by atoms with Crippen molar-refractivity contribution in [3.05, 3.63) is 95.6 Å². The van der Waals surface area contributed by atoms with E-state index in [1.54, 1.807) is 0 Å². The molecule has 0 aliphatic heterocycles. The van der Waals surface area contributed by atoms with Crippen molar-refractivity contribution in [2.24, 2.45) is 0 Å². The Hall–Kier alpha value is -2.84. The summed E-state index contributed by atoms with van der Waals surface area (Å²) in [6, 6.07) is 28.7. The minimum atomic E-state index is 0.114. The summed E-state index contributed by atoms with van der Waals surface area (Å²) in [7, 11) is 0. The minimum absolute atomic E-state index is 0.114. The largest absolute Gasteiger partial charge is 0.293 e. The maximum Gasteiger partial charge on any atom is 0.172 e. The second-order valence-corrected chi connectivity index (χ2v) is 13.3. The monoisotopic (exact) mass is 604 g/mol. The van der Waals surface area contributed by atoms with Gasteiger partial charge in [-0.2, -0.15) is 12.6 Å². The molecule has 2 heteroatoms. The third kappa shape index (κ3) is 8.25. The highest BCUT2D eigenvalue weighted by molar-refractivity contribution is 7.81. The Labute approximate surface area is 271 Å². The lowest BCUT2D eigenvalue weighted by molar-refractivity contribution is 0.102. The quantitative estimate of drug-likeness (QED) is 0.0405. The molecule has 5 rings (SSSR count). The molecule has 0 aliphatic carbocycles. The molecule has 5 aromatic rings. The predicted molar refractivity (Wildman–Crippen MR) is 196 cm³/mol. The van der Waals surface area contributed by atoms with Crippen LogP contribution in [0.1, 0.15) is 137 Å². The van der Waals surface area contributed by atoms with Gasteiger partial charge in [-0.05, 0) is 49.9 Å². The maximum absolute atomic E-state index is 13.0. The average molecular weight is 605 g/mol. The Balaban J connectivity index is 1.21. The number of unbranched alkanes of at least 4 members (excludes halogenated alkanes) is 14. The Kier molecular flexibility index (Phi) is 12.6. The lowest BCUT2D eigenvalue weighted by atomic mass is 9.81. The van der Waals surface area contributed by atoms with Crippen LogP contribution >= 0.6 is 12.6 Å². The van der Waals surface area contributed by atoms with Crippen LogP contribution in [-0.4, -0.2) is 11.5 Å². The molecular formula is C42H52OS. The van der Waals surface area contributed by atoms with Crippen LogP contribution in [-0.2, 0) is 0 Å². The van der Waals surface area contributed by atoms with Gasteiger partial charge in [-0.15, -0.1) is 0 Å². The molecule has 1 nitrogen and oxygen atoms in total. The first kappa shape index (κ1) is 32.6. The van der Waals surface area contributed by atoms with Crippen LogP contribution < -0.4 is 0 Å². The smallest absolute Gasteiger partial charge is 0.172 e. The normalized spacial score (nSPS) is 12.5. The van der Waals surface area contributed by atoms with Crippen molar-refractivity contribution in [2.45, 2.75) is 116 Å². The number of thiol groups is 1. The van der Waals surface area contributed by atoms with Gasteiger partial charge in [0.2, 0.25) is 0 Å². The van der Waals surface area contributed by atoms with Crippen LogP contribution in [0.4, 0.5) is 0 Å². The van der Waals surface area contributed by atoms with E-state index in [1.807, 2.05) is 12.1 Å². The van der Waals surface area contributed by atoms with E-state index in [1.165, 1.54) is 134 Å². The molecule has 0 fully saturated rings. The van der Waals surface area contributed by atoms with Gasteiger partial charge < -0.3 is 0 Å². The maximum atomic E-state index is 13.0. The van der Waals surface area contributed by atoms with E-state index in [0.29, 0.717) is 0 Å². The summed E-state index contributed by atoms with van der Waals surface area (Å²) in [5.41, 5.74) is 3.31. The Morgan fingerprint density at radius 1 is 0.568 bits per heavy atom. The SMILES string of the molecule is CCCCCCCCCCCCCCCCCC(c1cc2ccc3cccc4ccc(c1)c2c34)c1ccccc1C(=O)CS. The molecule has 232 valence electrons. The molecule has 5 aromatic carbocycles. The molecule has 0 radical (unpaired) electrons.